The smallest absolute Gasteiger partial charge is 0.337 e. The third-order valence-electron chi connectivity index (χ3n) is 5.24. The van der Waals surface area contributed by atoms with Crippen LogP contribution < -0.4 is 10.6 Å². The molecule has 0 radical (unpaired) electrons. The minimum atomic E-state index is -0.566. The van der Waals surface area contributed by atoms with Gasteiger partial charge < -0.3 is 15.4 Å². The number of carbonyl (C=O) groups is 2. The Kier molecular flexibility index (Phi) is 5.24. The lowest BCUT2D eigenvalue weighted by molar-refractivity contribution is -0.113. The Morgan fingerprint density at radius 3 is 2.52 bits per heavy atom. The molecule has 0 saturated heterocycles. The lowest BCUT2D eigenvalue weighted by Crippen LogP contribution is -2.31. The van der Waals surface area contributed by atoms with Crippen molar-refractivity contribution in [2.24, 2.45) is 0 Å². The Morgan fingerprint density at radius 1 is 1.10 bits per heavy atom. The van der Waals surface area contributed by atoms with Gasteiger partial charge in [0.15, 0.2) is 0 Å². The summed E-state index contributed by atoms with van der Waals surface area (Å²) in [6.07, 6.45) is 0. The van der Waals surface area contributed by atoms with Gasteiger partial charge in [0.25, 0.3) is 5.91 Å². The summed E-state index contributed by atoms with van der Waals surface area (Å²) in [5, 5.41) is 17.9. The van der Waals surface area contributed by atoms with Crippen molar-refractivity contribution in [3.63, 3.8) is 0 Å². The van der Waals surface area contributed by atoms with Crippen LogP contribution in [0.4, 0.5) is 11.6 Å². The number of methoxy groups -OCH3 is 1. The van der Waals surface area contributed by atoms with Gasteiger partial charge in [0.05, 0.1) is 18.2 Å². The Labute approximate surface area is 179 Å². The highest BCUT2D eigenvalue weighted by molar-refractivity contribution is 6.06. The zero-order chi connectivity index (χ0) is 22.1. The SMILES string of the molecule is COC(=O)c1ccc([C@@H]2C(C(=O)Nc3ccc(C)cc3C)=C(C)Nc3nnnn32)cc1. The van der Waals surface area contributed by atoms with E-state index in [1.54, 1.807) is 28.9 Å². The maximum atomic E-state index is 13.4. The van der Waals surface area contributed by atoms with Crippen LogP contribution in [0.2, 0.25) is 0 Å². The fourth-order valence-electron chi connectivity index (χ4n) is 3.68. The van der Waals surface area contributed by atoms with Crippen LogP contribution in [-0.2, 0) is 9.53 Å². The fraction of sp³-hybridized carbons (Fsp3) is 0.227. The second kappa shape index (κ2) is 8.02. The van der Waals surface area contributed by atoms with Crippen LogP contribution in [0.15, 0.2) is 53.7 Å². The van der Waals surface area contributed by atoms with Gasteiger partial charge in [-0.3, -0.25) is 4.79 Å². The second-order valence-electron chi connectivity index (χ2n) is 7.40. The third kappa shape index (κ3) is 3.77. The number of nitrogens with zero attached hydrogens (tertiary/aromatic N) is 4. The molecule has 3 aromatic rings. The largest absolute Gasteiger partial charge is 0.465 e. The number of ether oxygens (including phenoxy) is 1. The molecule has 9 nitrogen and oxygen atoms in total. The Hall–Kier alpha value is -4.01. The molecule has 1 aliphatic rings. The van der Waals surface area contributed by atoms with E-state index in [9.17, 15) is 9.59 Å². The molecule has 0 bridgehead atoms. The van der Waals surface area contributed by atoms with E-state index in [-0.39, 0.29) is 5.91 Å². The third-order valence-corrected chi connectivity index (χ3v) is 5.24. The van der Waals surface area contributed by atoms with Crippen molar-refractivity contribution >= 4 is 23.5 Å². The van der Waals surface area contributed by atoms with E-state index in [4.69, 9.17) is 4.74 Å². The van der Waals surface area contributed by atoms with Crippen molar-refractivity contribution in [2.75, 3.05) is 17.7 Å². The van der Waals surface area contributed by atoms with Crippen LogP contribution in [0, 0.1) is 13.8 Å². The first-order chi connectivity index (χ1) is 14.9. The van der Waals surface area contributed by atoms with Crippen molar-refractivity contribution in [1.82, 2.24) is 20.2 Å². The highest BCUT2D eigenvalue weighted by Crippen LogP contribution is 2.35. The van der Waals surface area contributed by atoms with Crippen molar-refractivity contribution in [3.8, 4) is 0 Å². The highest BCUT2D eigenvalue weighted by atomic mass is 16.5. The van der Waals surface area contributed by atoms with Gasteiger partial charge in [-0.1, -0.05) is 34.9 Å². The minimum absolute atomic E-state index is 0.264. The number of hydrogen-bond donors (Lipinski definition) is 2. The molecule has 158 valence electrons. The molecule has 1 amide bonds. The molecule has 0 spiro atoms. The van der Waals surface area contributed by atoms with Gasteiger partial charge in [0, 0.05) is 11.4 Å². The number of anilines is 2. The zero-order valence-electron chi connectivity index (χ0n) is 17.6. The van der Waals surface area contributed by atoms with Gasteiger partial charge >= 0.3 is 5.97 Å². The molecule has 4 rings (SSSR count). The van der Waals surface area contributed by atoms with E-state index in [1.165, 1.54) is 7.11 Å². The second-order valence-corrected chi connectivity index (χ2v) is 7.40. The van der Waals surface area contributed by atoms with Crippen molar-refractivity contribution < 1.29 is 14.3 Å². The molecule has 0 aliphatic carbocycles. The van der Waals surface area contributed by atoms with Gasteiger partial charge in [-0.05, 0) is 60.5 Å². The predicted octanol–water partition coefficient (Wildman–Crippen LogP) is 3.00. The molecule has 0 unspecified atom stereocenters. The summed E-state index contributed by atoms with van der Waals surface area (Å²) in [7, 11) is 1.33. The number of amides is 1. The van der Waals surface area contributed by atoms with E-state index in [1.807, 2.05) is 39.0 Å². The van der Waals surface area contributed by atoms with Gasteiger partial charge in [-0.15, -0.1) is 0 Å². The van der Waals surface area contributed by atoms with Crippen molar-refractivity contribution in [1.29, 1.82) is 0 Å². The summed E-state index contributed by atoms with van der Waals surface area (Å²) in [6.45, 7) is 5.76. The monoisotopic (exact) mass is 418 g/mol. The summed E-state index contributed by atoms with van der Waals surface area (Å²) in [5.41, 5.74) is 5.12. The summed E-state index contributed by atoms with van der Waals surface area (Å²) < 4.78 is 6.32. The first-order valence-corrected chi connectivity index (χ1v) is 9.71. The molecule has 1 aliphatic heterocycles. The van der Waals surface area contributed by atoms with Crippen LogP contribution in [-0.4, -0.2) is 39.2 Å². The summed E-state index contributed by atoms with van der Waals surface area (Å²) in [6, 6.07) is 12.1. The normalized spacial score (nSPS) is 15.2. The molecular formula is C22H22N6O3. The van der Waals surface area contributed by atoms with Gasteiger partial charge in [0.2, 0.25) is 5.95 Å². The summed E-state index contributed by atoms with van der Waals surface area (Å²) in [4.78, 5) is 25.2. The van der Waals surface area contributed by atoms with Crippen LogP contribution in [0.1, 0.15) is 40.0 Å². The molecule has 2 aromatic carbocycles. The van der Waals surface area contributed by atoms with E-state index >= 15 is 0 Å². The molecule has 1 aromatic heterocycles. The molecule has 1 atom stereocenters. The molecule has 9 heteroatoms. The average molecular weight is 418 g/mol. The molecule has 0 fully saturated rings. The number of hydrogen-bond acceptors (Lipinski definition) is 7. The fourth-order valence-corrected chi connectivity index (χ4v) is 3.68. The number of tetrazole rings is 1. The highest BCUT2D eigenvalue weighted by Gasteiger charge is 2.34. The lowest BCUT2D eigenvalue weighted by Gasteiger charge is -2.28. The number of rotatable bonds is 4. The van der Waals surface area contributed by atoms with Crippen LogP contribution >= 0.6 is 0 Å². The Morgan fingerprint density at radius 2 is 1.84 bits per heavy atom. The standard InChI is InChI=1S/C22H22N6O3/c1-12-5-10-17(13(2)11-12)24-20(29)18-14(3)23-22-25-26-27-28(22)19(18)15-6-8-16(9-7-15)21(30)31-4/h5-11,19H,1-4H3,(H,24,29)(H,23,25,27)/t19-/m1/s1. The number of esters is 1. The minimum Gasteiger partial charge on any atom is -0.465 e. The number of allylic oxidation sites excluding steroid dienone is 1. The van der Waals surface area contributed by atoms with Crippen molar-refractivity contribution in [3.05, 3.63) is 76.0 Å². The average Bonchev–Trinajstić information content (AvgIpc) is 3.22. The number of benzene rings is 2. The van der Waals surface area contributed by atoms with Gasteiger partial charge in [-0.25, -0.2) is 4.79 Å². The van der Waals surface area contributed by atoms with E-state index in [0.717, 1.165) is 22.4 Å². The number of carbonyl (C=O) groups excluding carboxylic acids is 2. The van der Waals surface area contributed by atoms with E-state index in [0.29, 0.717) is 22.8 Å². The number of nitrogens with one attached hydrogen (secondary N) is 2. The number of fused-ring (bicyclic) bond motifs is 1. The van der Waals surface area contributed by atoms with Crippen LogP contribution in [0.5, 0.6) is 0 Å². The first kappa shape index (κ1) is 20.3. The number of aromatic nitrogens is 4. The lowest BCUT2D eigenvalue weighted by atomic mass is 9.94. The predicted molar refractivity (Wildman–Crippen MR) is 115 cm³/mol. The molecule has 2 heterocycles. The summed E-state index contributed by atoms with van der Waals surface area (Å²) >= 11 is 0. The van der Waals surface area contributed by atoms with Gasteiger partial charge in [-0.2, -0.15) is 4.68 Å². The maximum absolute atomic E-state index is 13.4. The topological polar surface area (TPSA) is 111 Å². The molecule has 2 N–H and O–H groups in total. The molecule has 31 heavy (non-hydrogen) atoms. The van der Waals surface area contributed by atoms with Crippen LogP contribution in [0.25, 0.3) is 0 Å². The Bertz CT molecular complexity index is 1200. The first-order valence-electron chi connectivity index (χ1n) is 9.71. The number of aryl methyl sites for hydroxylation is 2. The quantitative estimate of drug-likeness (QED) is 0.627. The maximum Gasteiger partial charge on any atom is 0.337 e. The van der Waals surface area contributed by atoms with E-state index in [2.05, 4.69) is 26.2 Å². The Balaban J connectivity index is 1.74. The molecular weight excluding hydrogens is 396 g/mol. The van der Waals surface area contributed by atoms with Crippen LogP contribution in [0.3, 0.4) is 0 Å². The van der Waals surface area contributed by atoms with Crippen molar-refractivity contribution in [2.45, 2.75) is 26.8 Å². The van der Waals surface area contributed by atoms with E-state index < -0.39 is 12.0 Å². The molecule has 0 saturated carbocycles. The zero-order valence-corrected chi connectivity index (χ0v) is 17.6. The van der Waals surface area contributed by atoms with Gasteiger partial charge in [0.1, 0.15) is 6.04 Å². The summed E-state index contributed by atoms with van der Waals surface area (Å²) in [5.74, 6) is -0.262.